The molecule has 1 aliphatic carbocycles. The van der Waals surface area contributed by atoms with E-state index in [1.807, 2.05) is 59.7 Å². The number of nitrogens with zero attached hydrogens (tertiary/aromatic N) is 5. The average Bonchev–Trinajstić information content (AvgIpc) is 3.37. The Bertz CT molecular complexity index is 1070. The largest absolute Gasteiger partial charge is 0.341 e. The van der Waals surface area contributed by atoms with E-state index in [0.29, 0.717) is 32.4 Å². The zero-order valence-electron chi connectivity index (χ0n) is 19.3. The molecule has 0 radical (unpaired) electrons. The number of allylic oxidation sites excluding steroid dienone is 2. The number of amides is 3. The van der Waals surface area contributed by atoms with Crippen LogP contribution in [0.25, 0.3) is 5.65 Å². The summed E-state index contributed by atoms with van der Waals surface area (Å²) in [6, 6.07) is 5.13. The summed E-state index contributed by atoms with van der Waals surface area (Å²) in [5.41, 5.74) is 0.824. The Balaban J connectivity index is 1.31. The number of rotatable bonds is 5. The summed E-state index contributed by atoms with van der Waals surface area (Å²) in [6.07, 6.45) is 9.18. The van der Waals surface area contributed by atoms with Gasteiger partial charge in [-0.05, 0) is 50.2 Å². The lowest BCUT2D eigenvalue weighted by Gasteiger charge is -2.36. The fourth-order valence-corrected chi connectivity index (χ4v) is 5.60. The molecule has 0 aromatic carbocycles. The van der Waals surface area contributed by atoms with Crippen LogP contribution in [0, 0.1) is 17.8 Å². The summed E-state index contributed by atoms with van der Waals surface area (Å²) >= 11 is 0. The molecule has 2 fully saturated rings. The molecular weight excluding hydrogens is 418 g/mol. The SMILES string of the molecule is CC(C)C[C@@H](C(=O)N1CCC(c2nnc3ccccn23)CC1)N1C(=O)[C@H]2CC=CC[C@H]2C1=O. The number of likely N-dealkylation sites (tertiary alicyclic amines) is 2. The predicted molar refractivity (Wildman–Crippen MR) is 122 cm³/mol. The van der Waals surface area contributed by atoms with Gasteiger partial charge in [0.15, 0.2) is 5.65 Å². The molecule has 5 rings (SSSR count). The second-order valence-corrected chi connectivity index (χ2v) is 9.93. The Morgan fingerprint density at radius 2 is 1.70 bits per heavy atom. The van der Waals surface area contributed by atoms with E-state index in [9.17, 15) is 14.4 Å². The summed E-state index contributed by atoms with van der Waals surface area (Å²) < 4.78 is 2.01. The molecular formula is C25H31N5O3. The highest BCUT2D eigenvalue weighted by atomic mass is 16.2. The minimum Gasteiger partial charge on any atom is -0.341 e. The number of pyridine rings is 1. The first kappa shape index (κ1) is 21.8. The molecule has 0 N–H and O–H groups in total. The van der Waals surface area contributed by atoms with Crippen molar-refractivity contribution in [3.63, 3.8) is 0 Å². The van der Waals surface area contributed by atoms with Crippen LogP contribution in [0.4, 0.5) is 0 Å². The van der Waals surface area contributed by atoms with E-state index in [1.165, 1.54) is 4.90 Å². The minimum absolute atomic E-state index is 0.0958. The van der Waals surface area contributed by atoms with Gasteiger partial charge in [0.05, 0.1) is 11.8 Å². The van der Waals surface area contributed by atoms with Crippen LogP contribution in [0.5, 0.6) is 0 Å². The van der Waals surface area contributed by atoms with Gasteiger partial charge in [0.1, 0.15) is 11.9 Å². The topological polar surface area (TPSA) is 87.9 Å². The molecule has 0 saturated carbocycles. The van der Waals surface area contributed by atoms with Gasteiger partial charge in [-0.25, -0.2) is 0 Å². The molecule has 8 nitrogen and oxygen atoms in total. The van der Waals surface area contributed by atoms with Crippen LogP contribution in [0.1, 0.15) is 57.7 Å². The molecule has 174 valence electrons. The van der Waals surface area contributed by atoms with Gasteiger partial charge in [-0.1, -0.05) is 32.1 Å². The van der Waals surface area contributed by atoms with Crippen molar-refractivity contribution < 1.29 is 14.4 Å². The Labute approximate surface area is 193 Å². The fourth-order valence-electron chi connectivity index (χ4n) is 5.60. The van der Waals surface area contributed by atoms with E-state index in [0.717, 1.165) is 24.3 Å². The van der Waals surface area contributed by atoms with Gasteiger partial charge in [-0.3, -0.25) is 23.7 Å². The average molecular weight is 450 g/mol. The molecule has 0 unspecified atom stereocenters. The molecule has 0 bridgehead atoms. The summed E-state index contributed by atoms with van der Waals surface area (Å²) in [7, 11) is 0. The molecule has 3 aliphatic rings. The first-order chi connectivity index (χ1) is 16.0. The summed E-state index contributed by atoms with van der Waals surface area (Å²) in [5.74, 6) is 0.295. The number of carbonyl (C=O) groups is 3. The van der Waals surface area contributed by atoms with E-state index < -0.39 is 6.04 Å². The summed E-state index contributed by atoms with van der Waals surface area (Å²) in [4.78, 5) is 43.2. The van der Waals surface area contributed by atoms with Crippen molar-refractivity contribution in [2.45, 2.75) is 57.9 Å². The van der Waals surface area contributed by atoms with Crippen LogP contribution >= 0.6 is 0 Å². The van der Waals surface area contributed by atoms with Crippen molar-refractivity contribution in [3.05, 3.63) is 42.4 Å². The highest BCUT2D eigenvalue weighted by Crippen LogP contribution is 2.38. The van der Waals surface area contributed by atoms with Gasteiger partial charge in [0.2, 0.25) is 17.7 Å². The van der Waals surface area contributed by atoms with E-state index >= 15 is 0 Å². The van der Waals surface area contributed by atoms with Gasteiger partial charge in [0.25, 0.3) is 0 Å². The maximum atomic E-state index is 13.7. The van der Waals surface area contributed by atoms with Gasteiger partial charge < -0.3 is 4.90 Å². The third-order valence-corrected chi connectivity index (χ3v) is 7.34. The van der Waals surface area contributed by atoms with Crippen LogP contribution in [0.2, 0.25) is 0 Å². The van der Waals surface area contributed by atoms with Gasteiger partial charge in [0, 0.05) is 25.2 Å². The molecule has 8 heteroatoms. The monoisotopic (exact) mass is 449 g/mol. The van der Waals surface area contributed by atoms with E-state index in [4.69, 9.17) is 0 Å². The van der Waals surface area contributed by atoms with E-state index in [1.54, 1.807) is 0 Å². The third kappa shape index (κ3) is 3.85. The first-order valence-electron chi connectivity index (χ1n) is 12.1. The Kier molecular flexibility index (Phi) is 5.76. The smallest absolute Gasteiger partial charge is 0.245 e. The lowest BCUT2D eigenvalue weighted by molar-refractivity contribution is -0.152. The fraction of sp³-hybridized carbons (Fsp3) is 0.560. The Hall–Kier alpha value is -3.03. The highest BCUT2D eigenvalue weighted by molar-refractivity contribution is 6.08. The standard InChI is InChI=1S/C25H31N5O3/c1-16(2)15-20(30-23(31)18-7-3-4-8-19(18)24(30)32)25(33)28-13-10-17(11-14-28)22-27-26-21-9-5-6-12-29(21)22/h3-6,9,12,16-20H,7-8,10-11,13-15H2,1-2H3/t18-,19+,20-/m0/s1. The molecule has 0 spiro atoms. The number of carbonyl (C=O) groups excluding carboxylic acids is 3. The first-order valence-corrected chi connectivity index (χ1v) is 12.1. The maximum Gasteiger partial charge on any atom is 0.245 e. The molecule has 3 atom stereocenters. The van der Waals surface area contributed by atoms with Crippen molar-refractivity contribution >= 4 is 23.4 Å². The zero-order valence-corrected chi connectivity index (χ0v) is 19.3. The van der Waals surface area contributed by atoms with Crippen molar-refractivity contribution in [1.29, 1.82) is 0 Å². The van der Waals surface area contributed by atoms with Crippen molar-refractivity contribution in [1.82, 2.24) is 24.4 Å². The van der Waals surface area contributed by atoms with Crippen molar-refractivity contribution in [3.8, 4) is 0 Å². The number of fused-ring (bicyclic) bond motifs is 2. The molecule has 33 heavy (non-hydrogen) atoms. The molecule has 2 saturated heterocycles. The number of hydrogen-bond acceptors (Lipinski definition) is 5. The third-order valence-electron chi connectivity index (χ3n) is 7.34. The predicted octanol–water partition coefficient (Wildman–Crippen LogP) is 2.80. The number of piperidine rings is 1. The number of hydrogen-bond donors (Lipinski definition) is 0. The van der Waals surface area contributed by atoms with Gasteiger partial charge in [-0.15, -0.1) is 10.2 Å². The normalized spacial score (nSPS) is 24.7. The van der Waals surface area contributed by atoms with Crippen LogP contribution in [-0.2, 0) is 14.4 Å². The van der Waals surface area contributed by atoms with Crippen molar-refractivity contribution in [2.24, 2.45) is 17.8 Å². The molecule has 2 aromatic rings. The molecule has 4 heterocycles. The summed E-state index contributed by atoms with van der Waals surface area (Å²) in [6.45, 7) is 5.24. The lowest BCUT2D eigenvalue weighted by Crippen LogP contribution is -2.53. The molecule has 3 amide bonds. The van der Waals surface area contributed by atoms with Gasteiger partial charge >= 0.3 is 0 Å². The lowest BCUT2D eigenvalue weighted by atomic mass is 9.85. The number of aromatic nitrogens is 3. The Morgan fingerprint density at radius 1 is 1.03 bits per heavy atom. The van der Waals surface area contributed by atoms with Crippen LogP contribution in [0.3, 0.4) is 0 Å². The van der Waals surface area contributed by atoms with Crippen LogP contribution < -0.4 is 0 Å². The summed E-state index contributed by atoms with van der Waals surface area (Å²) in [5, 5.41) is 8.65. The van der Waals surface area contributed by atoms with Gasteiger partial charge in [-0.2, -0.15) is 0 Å². The van der Waals surface area contributed by atoms with E-state index in [-0.39, 0.29) is 41.4 Å². The zero-order chi connectivity index (χ0) is 23.1. The minimum atomic E-state index is -0.707. The molecule has 2 aliphatic heterocycles. The maximum absolute atomic E-state index is 13.7. The second-order valence-electron chi connectivity index (χ2n) is 9.93. The number of imide groups is 1. The van der Waals surface area contributed by atoms with Crippen LogP contribution in [-0.4, -0.2) is 61.3 Å². The van der Waals surface area contributed by atoms with E-state index in [2.05, 4.69) is 10.2 Å². The quantitative estimate of drug-likeness (QED) is 0.517. The van der Waals surface area contributed by atoms with Crippen molar-refractivity contribution in [2.75, 3.05) is 13.1 Å². The molecule has 2 aromatic heterocycles. The highest BCUT2D eigenvalue weighted by Gasteiger charge is 2.51. The second kappa shape index (κ2) is 8.72. The van der Waals surface area contributed by atoms with Crippen LogP contribution in [0.15, 0.2) is 36.5 Å². The Morgan fingerprint density at radius 3 is 2.33 bits per heavy atom.